The van der Waals surface area contributed by atoms with Crippen molar-refractivity contribution in [2.45, 2.75) is 38.1 Å². The molecule has 6 rings (SSSR count). The average Bonchev–Trinajstić information content (AvgIpc) is 2.68. The Morgan fingerprint density at radius 2 is 1.59 bits per heavy atom. The van der Waals surface area contributed by atoms with Gasteiger partial charge in [-0.05, 0) is 80.1 Å². The van der Waals surface area contributed by atoms with Gasteiger partial charge in [-0.1, -0.05) is 12.1 Å². The number of piperazine rings is 1. The molecule has 5 fully saturated rings. The largest absolute Gasteiger partial charge is 0.495 e. The van der Waals surface area contributed by atoms with Crippen molar-refractivity contribution in [3.8, 4) is 5.75 Å². The van der Waals surface area contributed by atoms with Crippen LogP contribution in [0.2, 0.25) is 0 Å². The third kappa shape index (κ3) is 3.33. The first-order valence-corrected chi connectivity index (χ1v) is 11.0. The summed E-state index contributed by atoms with van der Waals surface area (Å²) in [4.78, 5) is 5.14. The Balaban J connectivity index is 1.19. The zero-order valence-electron chi connectivity index (χ0n) is 16.3. The van der Waals surface area contributed by atoms with Gasteiger partial charge in [0.2, 0.25) is 0 Å². The van der Waals surface area contributed by atoms with Gasteiger partial charge in [-0.2, -0.15) is 0 Å². The third-order valence-corrected chi connectivity index (χ3v) is 7.91. The van der Waals surface area contributed by atoms with Crippen molar-refractivity contribution in [1.29, 1.82) is 0 Å². The van der Waals surface area contributed by atoms with E-state index < -0.39 is 0 Å². The van der Waals surface area contributed by atoms with Gasteiger partial charge in [-0.3, -0.25) is 4.90 Å². The van der Waals surface area contributed by atoms with Crippen LogP contribution < -0.4 is 10.1 Å². The number of anilines is 1. The molecule has 4 nitrogen and oxygen atoms in total. The van der Waals surface area contributed by atoms with Gasteiger partial charge in [-0.25, -0.2) is 0 Å². The highest BCUT2D eigenvalue weighted by atomic mass is 32.1. The fourth-order valence-electron chi connectivity index (χ4n) is 6.66. The van der Waals surface area contributed by atoms with E-state index >= 15 is 0 Å². The minimum Gasteiger partial charge on any atom is -0.495 e. The number of rotatable bonds is 3. The Morgan fingerprint density at radius 3 is 2.22 bits per heavy atom. The first kappa shape index (κ1) is 17.7. The van der Waals surface area contributed by atoms with Crippen LogP contribution >= 0.6 is 12.2 Å². The molecule has 1 aromatic carbocycles. The molecule has 146 valence electrons. The van der Waals surface area contributed by atoms with Crippen LogP contribution in [0.15, 0.2) is 24.3 Å². The third-order valence-electron chi connectivity index (χ3n) is 7.55. The molecule has 0 amide bonds. The number of benzene rings is 1. The van der Waals surface area contributed by atoms with E-state index in [4.69, 9.17) is 17.0 Å². The second-order valence-electron chi connectivity index (χ2n) is 9.07. The fourth-order valence-corrected chi connectivity index (χ4v) is 6.95. The summed E-state index contributed by atoms with van der Waals surface area (Å²) in [7, 11) is 1.70. The normalized spacial score (nSPS) is 35.3. The van der Waals surface area contributed by atoms with Gasteiger partial charge in [0.1, 0.15) is 5.75 Å². The van der Waals surface area contributed by atoms with Gasteiger partial charge in [0.15, 0.2) is 5.11 Å². The van der Waals surface area contributed by atoms with E-state index in [0.29, 0.717) is 0 Å². The van der Waals surface area contributed by atoms with Crippen LogP contribution in [0.1, 0.15) is 32.1 Å². The van der Waals surface area contributed by atoms with Crippen molar-refractivity contribution in [3.63, 3.8) is 0 Å². The van der Waals surface area contributed by atoms with Crippen LogP contribution in [0.25, 0.3) is 0 Å². The first-order valence-electron chi connectivity index (χ1n) is 10.6. The molecule has 27 heavy (non-hydrogen) atoms. The van der Waals surface area contributed by atoms with Gasteiger partial charge in [0.25, 0.3) is 0 Å². The monoisotopic (exact) mass is 385 g/mol. The Hall–Kier alpha value is -1.33. The minimum atomic E-state index is 0.823. The van der Waals surface area contributed by atoms with Crippen LogP contribution in [0.3, 0.4) is 0 Å². The zero-order chi connectivity index (χ0) is 18.4. The Kier molecular flexibility index (Phi) is 4.76. The van der Waals surface area contributed by atoms with Crippen molar-refractivity contribution in [2.75, 3.05) is 38.6 Å². The number of para-hydroxylation sites is 2. The number of hydrogen-bond donors (Lipinski definition) is 1. The van der Waals surface area contributed by atoms with Crippen LogP contribution in [0.5, 0.6) is 5.75 Å². The maximum atomic E-state index is 5.70. The highest BCUT2D eigenvalue weighted by Crippen LogP contribution is 2.55. The maximum Gasteiger partial charge on any atom is 0.173 e. The molecule has 0 atom stereocenters. The molecule has 5 heteroatoms. The predicted octanol–water partition coefficient (Wildman–Crippen LogP) is 3.83. The van der Waals surface area contributed by atoms with E-state index in [1.165, 1.54) is 32.1 Å². The smallest absolute Gasteiger partial charge is 0.173 e. The van der Waals surface area contributed by atoms with Crippen molar-refractivity contribution >= 4 is 23.0 Å². The molecule has 1 saturated heterocycles. The van der Waals surface area contributed by atoms with Crippen LogP contribution in [-0.4, -0.2) is 54.2 Å². The lowest BCUT2D eigenvalue weighted by atomic mass is 9.54. The molecular formula is C22H31N3OS. The number of thiocarbonyl (C=S) groups is 1. The second-order valence-corrected chi connectivity index (χ2v) is 9.46. The molecule has 4 saturated carbocycles. The number of ether oxygens (including phenoxy) is 1. The van der Waals surface area contributed by atoms with Crippen LogP contribution in [-0.2, 0) is 0 Å². The summed E-state index contributed by atoms with van der Waals surface area (Å²) in [6.07, 6.45) is 7.56. The standard InChI is InChI=1S/C22H31N3OS/c1-26-20-5-3-2-4-19(20)23-22(27)25-8-6-24(7-9-25)21-17-11-15-10-16(13-17)14-18(21)12-15/h2-5,15-18,21H,6-14H2,1H3,(H,23,27). The van der Waals surface area contributed by atoms with Gasteiger partial charge in [0.05, 0.1) is 12.8 Å². The Morgan fingerprint density at radius 1 is 0.963 bits per heavy atom. The summed E-state index contributed by atoms with van der Waals surface area (Å²) in [5.74, 6) is 4.91. The number of methoxy groups -OCH3 is 1. The Bertz CT molecular complexity index is 673. The van der Waals surface area contributed by atoms with Gasteiger partial charge >= 0.3 is 0 Å². The lowest BCUT2D eigenvalue weighted by Crippen LogP contribution is -2.60. The molecule has 1 N–H and O–H groups in total. The molecule has 0 spiro atoms. The summed E-state index contributed by atoms with van der Waals surface area (Å²) < 4.78 is 5.44. The van der Waals surface area contributed by atoms with Crippen molar-refractivity contribution in [1.82, 2.24) is 9.80 Å². The first-order chi connectivity index (χ1) is 13.2. The fraction of sp³-hybridized carbons (Fsp3) is 0.682. The summed E-state index contributed by atoms with van der Waals surface area (Å²) >= 11 is 5.70. The van der Waals surface area contributed by atoms with Crippen molar-refractivity contribution in [3.05, 3.63) is 24.3 Å². The predicted molar refractivity (Wildman–Crippen MR) is 113 cm³/mol. The van der Waals surface area contributed by atoms with E-state index in [0.717, 1.165) is 72.4 Å². The summed E-state index contributed by atoms with van der Waals surface area (Å²) in [5.41, 5.74) is 0.952. The molecule has 1 aromatic rings. The summed E-state index contributed by atoms with van der Waals surface area (Å²) in [5, 5.41) is 4.21. The SMILES string of the molecule is COc1ccccc1NC(=S)N1CCN(C2C3CC4CC(C3)CC2C4)CC1. The molecule has 4 aliphatic carbocycles. The number of nitrogens with zero attached hydrogens (tertiary/aromatic N) is 2. The van der Waals surface area contributed by atoms with Crippen molar-refractivity contribution < 1.29 is 4.74 Å². The van der Waals surface area contributed by atoms with E-state index in [2.05, 4.69) is 15.1 Å². The summed E-state index contributed by atoms with van der Waals surface area (Å²) in [6.45, 7) is 4.37. The van der Waals surface area contributed by atoms with Gasteiger partial charge in [0, 0.05) is 32.2 Å². The van der Waals surface area contributed by atoms with E-state index in [1.807, 2.05) is 24.3 Å². The molecule has 0 radical (unpaired) electrons. The minimum absolute atomic E-state index is 0.823. The molecule has 0 unspecified atom stereocenters. The highest BCUT2D eigenvalue weighted by molar-refractivity contribution is 7.80. The summed E-state index contributed by atoms with van der Waals surface area (Å²) in [6, 6.07) is 8.84. The molecule has 4 bridgehead atoms. The Labute approximate surface area is 168 Å². The second kappa shape index (κ2) is 7.25. The van der Waals surface area contributed by atoms with E-state index in [9.17, 15) is 0 Å². The van der Waals surface area contributed by atoms with Crippen LogP contribution in [0.4, 0.5) is 5.69 Å². The molecule has 1 heterocycles. The van der Waals surface area contributed by atoms with Gasteiger partial charge in [-0.15, -0.1) is 0 Å². The lowest BCUT2D eigenvalue weighted by molar-refractivity contribution is -0.0726. The molecule has 5 aliphatic rings. The highest BCUT2D eigenvalue weighted by Gasteiger charge is 2.50. The van der Waals surface area contributed by atoms with Crippen LogP contribution in [0, 0.1) is 23.7 Å². The van der Waals surface area contributed by atoms with Crippen molar-refractivity contribution in [2.24, 2.45) is 23.7 Å². The number of nitrogens with one attached hydrogen (secondary N) is 1. The van der Waals surface area contributed by atoms with E-state index in [1.54, 1.807) is 7.11 Å². The quantitative estimate of drug-likeness (QED) is 0.798. The lowest BCUT2D eigenvalue weighted by Gasteiger charge is -2.58. The number of hydrogen-bond acceptors (Lipinski definition) is 3. The maximum absolute atomic E-state index is 5.70. The molecule has 1 aliphatic heterocycles. The van der Waals surface area contributed by atoms with Gasteiger partial charge < -0.3 is 15.0 Å². The molecular weight excluding hydrogens is 354 g/mol. The molecule has 0 aromatic heterocycles. The zero-order valence-corrected chi connectivity index (χ0v) is 17.1. The average molecular weight is 386 g/mol. The van der Waals surface area contributed by atoms with E-state index in [-0.39, 0.29) is 0 Å². The topological polar surface area (TPSA) is 27.7 Å².